The molecule has 0 aliphatic rings. The van der Waals surface area contributed by atoms with Crippen LogP contribution in [0.4, 0.5) is 4.79 Å². The molecule has 1 amide bonds. The molecule has 2 unspecified atom stereocenters. The maximum atomic E-state index is 12.4. The molecule has 0 aliphatic carbocycles. The van der Waals surface area contributed by atoms with E-state index in [0.29, 0.717) is 0 Å². The van der Waals surface area contributed by atoms with E-state index in [1.807, 2.05) is 18.2 Å². The highest BCUT2D eigenvalue weighted by Crippen LogP contribution is 2.50. The Bertz CT molecular complexity index is 622. The molecule has 0 heterocycles. The minimum absolute atomic E-state index is 0.0723. The minimum Gasteiger partial charge on any atom is -0.467 e. The van der Waals surface area contributed by atoms with E-state index in [0.717, 1.165) is 12.7 Å². The molecule has 10 heteroatoms. The molecular formula is C16H24NO8P. The normalized spacial score (nSPS) is 14.3. The molecule has 2 atom stereocenters. The summed E-state index contributed by atoms with van der Waals surface area (Å²) in [6, 6.07) is 9.08. The van der Waals surface area contributed by atoms with Gasteiger partial charge >= 0.3 is 19.9 Å². The van der Waals surface area contributed by atoms with Crippen molar-refractivity contribution in [3.63, 3.8) is 0 Å². The van der Waals surface area contributed by atoms with Crippen LogP contribution in [0.2, 0.25) is 0 Å². The molecule has 0 fully saturated rings. The number of phosphoric ester groups is 1. The average molecular weight is 389 g/mol. The zero-order valence-electron chi connectivity index (χ0n) is 15.2. The minimum atomic E-state index is -4.08. The fourth-order valence-electron chi connectivity index (χ4n) is 1.76. The first-order chi connectivity index (χ1) is 12.3. The lowest BCUT2D eigenvalue weighted by Crippen LogP contribution is -2.31. The van der Waals surface area contributed by atoms with Crippen LogP contribution in [0, 0.1) is 5.92 Å². The first kappa shape index (κ1) is 22.1. The quantitative estimate of drug-likeness (QED) is 0.370. The summed E-state index contributed by atoms with van der Waals surface area (Å²) in [5.74, 6) is -1.05. The van der Waals surface area contributed by atoms with Crippen molar-refractivity contribution in [1.29, 1.82) is 0 Å². The van der Waals surface area contributed by atoms with E-state index >= 15 is 0 Å². The highest BCUT2D eigenvalue weighted by atomic mass is 31.2. The van der Waals surface area contributed by atoms with Gasteiger partial charge in [-0.1, -0.05) is 44.2 Å². The first-order valence-corrected chi connectivity index (χ1v) is 9.28. The van der Waals surface area contributed by atoms with Crippen molar-refractivity contribution < 1.29 is 37.2 Å². The van der Waals surface area contributed by atoms with E-state index < -0.39 is 32.7 Å². The summed E-state index contributed by atoms with van der Waals surface area (Å²) in [7, 11) is -1.80. The lowest BCUT2D eigenvalue weighted by Gasteiger charge is -2.23. The van der Waals surface area contributed by atoms with E-state index in [4.69, 9.17) is 18.3 Å². The Morgan fingerprint density at radius 3 is 2.35 bits per heavy atom. The third-order valence-electron chi connectivity index (χ3n) is 3.16. The van der Waals surface area contributed by atoms with Crippen molar-refractivity contribution in [2.45, 2.75) is 26.6 Å². The molecule has 26 heavy (non-hydrogen) atoms. The molecule has 1 aromatic rings. The third kappa shape index (κ3) is 7.53. The number of ether oxygens (including phenoxy) is 2. The highest BCUT2D eigenvalue weighted by Gasteiger charge is 2.36. The van der Waals surface area contributed by atoms with Gasteiger partial charge in [-0.05, 0) is 11.5 Å². The van der Waals surface area contributed by atoms with Gasteiger partial charge in [0.25, 0.3) is 0 Å². The number of methoxy groups -OCH3 is 1. The number of esters is 1. The van der Waals surface area contributed by atoms with Crippen LogP contribution in [-0.2, 0) is 39.0 Å². The average Bonchev–Trinajstić information content (AvgIpc) is 2.64. The fourth-order valence-corrected chi connectivity index (χ4v) is 2.85. The Labute approximate surface area is 152 Å². The Hall–Kier alpha value is -1.93. The molecule has 9 nitrogen and oxygen atoms in total. The van der Waals surface area contributed by atoms with Gasteiger partial charge < -0.3 is 9.47 Å². The maximum Gasteiger partial charge on any atom is 0.477 e. The van der Waals surface area contributed by atoms with Crippen molar-refractivity contribution in [2.24, 2.45) is 5.92 Å². The lowest BCUT2D eigenvalue weighted by atomic mass is 10.1. The lowest BCUT2D eigenvalue weighted by molar-refractivity contribution is -0.152. The molecule has 1 rings (SSSR count). The molecule has 0 saturated heterocycles. The summed E-state index contributed by atoms with van der Waals surface area (Å²) >= 11 is 0. The second-order valence-corrected chi connectivity index (χ2v) is 7.16. The van der Waals surface area contributed by atoms with Crippen LogP contribution in [0.25, 0.3) is 0 Å². The monoisotopic (exact) mass is 389 g/mol. The van der Waals surface area contributed by atoms with E-state index in [-0.39, 0.29) is 12.5 Å². The zero-order chi connectivity index (χ0) is 19.6. The first-order valence-electron chi connectivity index (χ1n) is 7.82. The summed E-state index contributed by atoms with van der Waals surface area (Å²) < 4.78 is 36.8. The molecular weight excluding hydrogens is 365 g/mol. The number of carbonyl (C=O) groups is 2. The number of nitrogens with one attached hydrogen (secondary N) is 1. The Balaban J connectivity index is 2.47. The maximum absolute atomic E-state index is 12.4. The van der Waals surface area contributed by atoms with Gasteiger partial charge in [-0.3, -0.25) is 18.9 Å². The molecule has 0 aromatic heterocycles. The number of alkyl carbamates (subject to hydrolysis) is 1. The summed E-state index contributed by atoms with van der Waals surface area (Å²) in [6.45, 7) is 2.94. The van der Waals surface area contributed by atoms with Crippen LogP contribution in [0.1, 0.15) is 19.4 Å². The molecule has 0 saturated carbocycles. The van der Waals surface area contributed by atoms with Crippen LogP contribution in [0.5, 0.6) is 0 Å². The smallest absolute Gasteiger partial charge is 0.467 e. The van der Waals surface area contributed by atoms with E-state index in [9.17, 15) is 14.2 Å². The predicted octanol–water partition coefficient (Wildman–Crippen LogP) is 2.86. The van der Waals surface area contributed by atoms with Gasteiger partial charge in [-0.25, -0.2) is 14.2 Å². The van der Waals surface area contributed by atoms with Gasteiger partial charge in [0.1, 0.15) is 13.3 Å². The van der Waals surface area contributed by atoms with Crippen molar-refractivity contribution in [1.82, 2.24) is 5.32 Å². The number of hydrogen-bond donors (Lipinski definition) is 1. The van der Waals surface area contributed by atoms with E-state index in [1.54, 1.807) is 26.0 Å². The fraction of sp³-hybridized carbons (Fsp3) is 0.500. The van der Waals surface area contributed by atoms with Crippen LogP contribution in [0.3, 0.4) is 0 Å². The van der Waals surface area contributed by atoms with E-state index in [1.165, 1.54) is 7.11 Å². The molecule has 0 spiro atoms. The largest absolute Gasteiger partial charge is 0.477 e. The molecule has 146 valence electrons. The van der Waals surface area contributed by atoms with Crippen molar-refractivity contribution >= 4 is 19.9 Å². The van der Waals surface area contributed by atoms with Crippen LogP contribution in [0.15, 0.2) is 30.3 Å². The summed E-state index contributed by atoms with van der Waals surface area (Å²) in [5.41, 5.74) is 0.812. The highest BCUT2D eigenvalue weighted by molar-refractivity contribution is 7.48. The van der Waals surface area contributed by atoms with Crippen molar-refractivity contribution in [2.75, 3.05) is 21.0 Å². The van der Waals surface area contributed by atoms with Gasteiger partial charge in [0, 0.05) is 7.11 Å². The van der Waals surface area contributed by atoms with Crippen LogP contribution < -0.4 is 5.32 Å². The standard InChI is InChI=1S/C16H24NO8P/c1-12(2)14(15(18)21-3)25-26(20,22-4)24-11-17-16(19)23-10-13-8-6-5-7-9-13/h5-9,12,14H,10-11H2,1-4H3,(H,17,19). The second-order valence-electron chi connectivity index (χ2n) is 5.43. The van der Waals surface area contributed by atoms with Crippen molar-refractivity contribution in [3.05, 3.63) is 35.9 Å². The second kappa shape index (κ2) is 10.9. The summed E-state index contributed by atoms with van der Waals surface area (Å²) in [6.07, 6.45) is -1.92. The molecule has 0 aliphatic heterocycles. The van der Waals surface area contributed by atoms with Gasteiger partial charge in [0.05, 0.1) is 7.11 Å². The summed E-state index contributed by atoms with van der Waals surface area (Å²) in [4.78, 5) is 23.3. The topological polar surface area (TPSA) is 109 Å². The Kier molecular flexibility index (Phi) is 9.29. The number of benzene rings is 1. The van der Waals surface area contributed by atoms with E-state index in [2.05, 4.69) is 10.1 Å². The predicted molar refractivity (Wildman–Crippen MR) is 92.1 cm³/mol. The number of amides is 1. The van der Waals surface area contributed by atoms with Gasteiger partial charge in [0.2, 0.25) is 0 Å². The molecule has 1 N–H and O–H groups in total. The van der Waals surface area contributed by atoms with Gasteiger partial charge in [0.15, 0.2) is 6.10 Å². The number of phosphoric acid groups is 1. The number of hydrogen-bond acceptors (Lipinski definition) is 8. The van der Waals surface area contributed by atoms with Crippen LogP contribution in [-0.4, -0.2) is 39.1 Å². The van der Waals surface area contributed by atoms with Gasteiger partial charge in [-0.2, -0.15) is 0 Å². The molecule has 1 aromatic carbocycles. The molecule has 0 radical (unpaired) electrons. The summed E-state index contributed by atoms with van der Waals surface area (Å²) in [5, 5.41) is 2.26. The van der Waals surface area contributed by atoms with Crippen molar-refractivity contribution in [3.8, 4) is 0 Å². The Morgan fingerprint density at radius 2 is 1.81 bits per heavy atom. The van der Waals surface area contributed by atoms with Gasteiger partial charge in [-0.15, -0.1) is 0 Å². The van der Waals surface area contributed by atoms with Crippen LogP contribution >= 0.6 is 7.82 Å². The number of rotatable bonds is 10. The SMILES string of the molecule is COC(=O)C(OP(=O)(OC)OCNC(=O)OCc1ccccc1)C(C)C. The Morgan fingerprint density at radius 1 is 1.15 bits per heavy atom. The third-order valence-corrected chi connectivity index (χ3v) is 4.54. The zero-order valence-corrected chi connectivity index (χ0v) is 16.1. The number of carbonyl (C=O) groups excluding carboxylic acids is 2. The molecule has 0 bridgehead atoms.